The van der Waals surface area contributed by atoms with Crippen molar-refractivity contribution in [3.8, 4) is 0 Å². The van der Waals surface area contributed by atoms with Gasteiger partial charge in [-0.2, -0.15) is 0 Å². The molecule has 198 valence electrons. The van der Waals surface area contributed by atoms with Crippen molar-refractivity contribution in [1.82, 2.24) is 0 Å². The standard InChI is InChI=1S/C32H52O3/c1-20(33)35-26-18-25(34)32(9)23(28(26,4)5)12-13-31(8)24(32)11-10-21-22-19-27(2,3)14-15-29(22,6)16-17-30(21,31)7/h19,21,23-26,34H,10-18H2,1-9H3/t21-,23+,24+,25-,26+,29-,30-,31-,32+/m1/s1. The van der Waals surface area contributed by atoms with Crippen LogP contribution in [-0.2, 0) is 9.53 Å². The summed E-state index contributed by atoms with van der Waals surface area (Å²) in [6.45, 7) is 21.2. The molecule has 1 N–H and O–H groups in total. The van der Waals surface area contributed by atoms with Gasteiger partial charge in [-0.05, 0) is 90.8 Å². The number of esters is 1. The molecule has 9 atom stereocenters. The van der Waals surface area contributed by atoms with Crippen molar-refractivity contribution in [2.24, 2.45) is 50.2 Å². The summed E-state index contributed by atoms with van der Waals surface area (Å²) in [5.41, 5.74) is 2.71. The van der Waals surface area contributed by atoms with Crippen molar-refractivity contribution in [3.05, 3.63) is 11.6 Å². The number of rotatable bonds is 1. The normalized spacial score (nSPS) is 52.2. The molecule has 5 aliphatic carbocycles. The second-order valence-electron chi connectivity index (χ2n) is 15.8. The van der Waals surface area contributed by atoms with Gasteiger partial charge < -0.3 is 9.84 Å². The van der Waals surface area contributed by atoms with Crippen molar-refractivity contribution in [2.45, 2.75) is 132 Å². The number of aliphatic hydroxyl groups is 1. The number of hydrogen-bond acceptors (Lipinski definition) is 3. The van der Waals surface area contributed by atoms with Gasteiger partial charge in [0.25, 0.3) is 0 Å². The highest BCUT2D eigenvalue weighted by Gasteiger charge is 2.70. The van der Waals surface area contributed by atoms with E-state index in [9.17, 15) is 9.90 Å². The molecule has 0 radical (unpaired) electrons. The van der Waals surface area contributed by atoms with Gasteiger partial charge in [-0.25, -0.2) is 0 Å². The predicted octanol–water partition coefficient (Wildman–Crippen LogP) is 7.71. The van der Waals surface area contributed by atoms with E-state index in [2.05, 4.69) is 61.5 Å². The lowest BCUT2D eigenvalue weighted by molar-refractivity contribution is -0.264. The monoisotopic (exact) mass is 484 g/mol. The highest BCUT2D eigenvalue weighted by Crippen LogP contribution is 2.76. The Balaban J connectivity index is 1.55. The van der Waals surface area contributed by atoms with Crippen LogP contribution in [0.25, 0.3) is 0 Å². The Morgan fingerprint density at radius 2 is 1.51 bits per heavy atom. The maximum absolute atomic E-state index is 11.9. The Hall–Kier alpha value is -0.830. The lowest BCUT2D eigenvalue weighted by atomic mass is 9.32. The molecule has 5 aliphatic rings. The summed E-state index contributed by atoms with van der Waals surface area (Å²) in [4.78, 5) is 11.9. The lowest BCUT2D eigenvalue weighted by Crippen LogP contribution is -2.69. The summed E-state index contributed by atoms with van der Waals surface area (Å²) >= 11 is 0. The summed E-state index contributed by atoms with van der Waals surface area (Å²) in [6.07, 6.45) is 12.7. The number of fused-ring (bicyclic) bond motifs is 7. The first kappa shape index (κ1) is 25.8. The number of allylic oxidation sites excluding steroid dienone is 2. The van der Waals surface area contributed by atoms with Crippen LogP contribution < -0.4 is 0 Å². The molecule has 0 aromatic carbocycles. The van der Waals surface area contributed by atoms with Crippen LogP contribution in [-0.4, -0.2) is 23.3 Å². The minimum absolute atomic E-state index is 0.125. The van der Waals surface area contributed by atoms with E-state index >= 15 is 0 Å². The molecule has 5 rings (SSSR count). The van der Waals surface area contributed by atoms with Crippen LogP contribution in [0.15, 0.2) is 11.6 Å². The molecule has 3 heteroatoms. The lowest BCUT2D eigenvalue weighted by Gasteiger charge is -2.73. The molecule has 0 spiro atoms. The average molecular weight is 485 g/mol. The van der Waals surface area contributed by atoms with E-state index in [0.717, 1.165) is 6.42 Å². The van der Waals surface area contributed by atoms with Gasteiger partial charge in [0.2, 0.25) is 0 Å². The van der Waals surface area contributed by atoms with E-state index in [1.54, 1.807) is 5.57 Å². The Morgan fingerprint density at radius 3 is 2.17 bits per heavy atom. The van der Waals surface area contributed by atoms with Gasteiger partial charge in [0.1, 0.15) is 6.10 Å². The molecule has 0 unspecified atom stereocenters. The van der Waals surface area contributed by atoms with Crippen LogP contribution in [0.2, 0.25) is 0 Å². The van der Waals surface area contributed by atoms with Crippen molar-refractivity contribution >= 4 is 5.97 Å². The summed E-state index contributed by atoms with van der Waals surface area (Å²) in [5.74, 6) is 1.32. The molecule has 4 fully saturated rings. The third kappa shape index (κ3) is 3.34. The minimum atomic E-state index is -0.420. The van der Waals surface area contributed by atoms with E-state index < -0.39 is 6.10 Å². The zero-order valence-electron chi connectivity index (χ0n) is 24.1. The zero-order chi connectivity index (χ0) is 25.8. The molecular weight excluding hydrogens is 432 g/mol. The maximum Gasteiger partial charge on any atom is 0.302 e. The van der Waals surface area contributed by atoms with Gasteiger partial charge in [-0.1, -0.05) is 67.0 Å². The summed E-state index contributed by atoms with van der Waals surface area (Å²) in [6, 6.07) is 0. The fourth-order valence-corrected chi connectivity index (χ4v) is 10.9. The number of ether oxygens (including phenoxy) is 1. The smallest absolute Gasteiger partial charge is 0.302 e. The molecule has 0 aromatic rings. The second-order valence-corrected chi connectivity index (χ2v) is 15.8. The molecule has 0 amide bonds. The van der Waals surface area contributed by atoms with Crippen LogP contribution in [0.4, 0.5) is 0 Å². The summed E-state index contributed by atoms with van der Waals surface area (Å²) < 4.78 is 5.82. The van der Waals surface area contributed by atoms with Gasteiger partial charge >= 0.3 is 5.97 Å². The Labute approximate surface area is 214 Å². The SMILES string of the molecule is CC(=O)O[C@H]1C[C@@H](O)[C@]2(C)[C@H]3CC[C@@H]4C5=CC(C)(C)CC[C@]5(C)CC[C@@]4(C)[C@]3(C)CC[C@H]2C1(C)C. The highest BCUT2D eigenvalue weighted by molar-refractivity contribution is 5.66. The number of hydrogen-bond donors (Lipinski definition) is 1. The fraction of sp³-hybridized carbons (Fsp3) is 0.906. The zero-order valence-corrected chi connectivity index (χ0v) is 24.1. The highest BCUT2D eigenvalue weighted by atomic mass is 16.5. The van der Waals surface area contributed by atoms with E-state index in [-0.39, 0.29) is 33.7 Å². The first-order valence-corrected chi connectivity index (χ1v) is 14.6. The number of aliphatic hydroxyl groups excluding tert-OH is 1. The van der Waals surface area contributed by atoms with Crippen molar-refractivity contribution < 1.29 is 14.6 Å². The van der Waals surface area contributed by atoms with Crippen LogP contribution >= 0.6 is 0 Å². The van der Waals surface area contributed by atoms with Gasteiger partial charge in [0, 0.05) is 24.2 Å². The molecule has 0 saturated heterocycles. The van der Waals surface area contributed by atoms with Crippen LogP contribution in [0.1, 0.15) is 120 Å². The molecule has 0 heterocycles. The first-order chi connectivity index (χ1) is 16.0. The molecule has 0 aromatic heterocycles. The number of carbonyl (C=O) groups excluding carboxylic acids is 1. The molecule has 3 nitrogen and oxygen atoms in total. The quantitative estimate of drug-likeness (QED) is 0.306. The minimum Gasteiger partial charge on any atom is -0.462 e. The summed E-state index contributed by atoms with van der Waals surface area (Å²) in [5, 5.41) is 11.8. The van der Waals surface area contributed by atoms with E-state index in [1.165, 1.54) is 51.9 Å². The second kappa shape index (κ2) is 7.61. The third-order valence-electron chi connectivity index (χ3n) is 13.4. The summed E-state index contributed by atoms with van der Waals surface area (Å²) in [7, 11) is 0. The molecule has 0 bridgehead atoms. The van der Waals surface area contributed by atoms with Crippen LogP contribution in [0, 0.1) is 50.2 Å². The van der Waals surface area contributed by atoms with Crippen LogP contribution in [0.3, 0.4) is 0 Å². The Kier molecular flexibility index (Phi) is 5.61. The fourth-order valence-electron chi connectivity index (χ4n) is 10.9. The van der Waals surface area contributed by atoms with Crippen molar-refractivity contribution in [3.63, 3.8) is 0 Å². The van der Waals surface area contributed by atoms with Gasteiger partial charge in [-0.3, -0.25) is 4.79 Å². The number of carbonyl (C=O) groups is 1. The van der Waals surface area contributed by atoms with Gasteiger partial charge in [0.15, 0.2) is 0 Å². The Bertz CT molecular complexity index is 931. The topological polar surface area (TPSA) is 46.5 Å². The van der Waals surface area contributed by atoms with Gasteiger partial charge in [-0.15, -0.1) is 0 Å². The van der Waals surface area contributed by atoms with Crippen LogP contribution in [0.5, 0.6) is 0 Å². The Morgan fingerprint density at radius 1 is 0.857 bits per heavy atom. The van der Waals surface area contributed by atoms with E-state index in [1.807, 2.05) is 0 Å². The molecule has 0 aliphatic heterocycles. The molecule has 35 heavy (non-hydrogen) atoms. The third-order valence-corrected chi connectivity index (χ3v) is 13.4. The molecular formula is C32H52O3. The predicted molar refractivity (Wildman–Crippen MR) is 142 cm³/mol. The van der Waals surface area contributed by atoms with Gasteiger partial charge in [0.05, 0.1) is 6.10 Å². The largest absolute Gasteiger partial charge is 0.462 e. The van der Waals surface area contributed by atoms with Crippen molar-refractivity contribution in [1.29, 1.82) is 0 Å². The van der Waals surface area contributed by atoms with E-state index in [0.29, 0.717) is 35.0 Å². The molecule has 4 saturated carbocycles. The first-order valence-electron chi connectivity index (χ1n) is 14.6. The maximum atomic E-state index is 11.9. The van der Waals surface area contributed by atoms with Crippen molar-refractivity contribution in [2.75, 3.05) is 0 Å². The van der Waals surface area contributed by atoms with E-state index in [4.69, 9.17) is 4.74 Å². The average Bonchev–Trinajstić information content (AvgIpc) is 2.73.